The van der Waals surface area contributed by atoms with Gasteiger partial charge in [0.2, 0.25) is 0 Å². The summed E-state index contributed by atoms with van der Waals surface area (Å²) in [5.41, 5.74) is 2.62. The Bertz CT molecular complexity index is 840. The number of benzene rings is 2. The first-order valence-electron chi connectivity index (χ1n) is 10.2. The quantitative estimate of drug-likeness (QED) is 0.634. The van der Waals surface area contributed by atoms with Gasteiger partial charge in [-0.2, -0.15) is 0 Å². The number of anilines is 1. The van der Waals surface area contributed by atoms with Crippen LogP contribution in [0.15, 0.2) is 60.7 Å². The molecule has 4 rings (SSSR count). The van der Waals surface area contributed by atoms with Crippen LogP contribution < -0.4 is 4.90 Å². The third-order valence-corrected chi connectivity index (χ3v) is 5.58. The standard InChI is InChI=1S/C22H28N6/c1-2-21(27-17-15-26(16-18-27)20-11-7-4-8-12-20)22-23-24-25-28(22)14-13-19-9-5-3-6-10-19/h3-12,21H,2,13-18H2,1H3. The summed E-state index contributed by atoms with van der Waals surface area (Å²) in [5, 5.41) is 12.7. The Morgan fingerprint density at radius 1 is 0.893 bits per heavy atom. The average molecular weight is 377 g/mol. The molecule has 1 aliphatic rings. The largest absolute Gasteiger partial charge is 0.369 e. The molecule has 0 saturated carbocycles. The molecule has 0 aliphatic carbocycles. The van der Waals surface area contributed by atoms with Crippen molar-refractivity contribution in [2.45, 2.75) is 32.4 Å². The van der Waals surface area contributed by atoms with E-state index < -0.39 is 0 Å². The molecule has 1 fully saturated rings. The van der Waals surface area contributed by atoms with Crippen molar-refractivity contribution >= 4 is 5.69 Å². The Morgan fingerprint density at radius 3 is 2.25 bits per heavy atom. The van der Waals surface area contributed by atoms with Crippen LogP contribution >= 0.6 is 0 Å². The van der Waals surface area contributed by atoms with Gasteiger partial charge >= 0.3 is 0 Å². The third-order valence-electron chi connectivity index (χ3n) is 5.58. The number of para-hydroxylation sites is 1. The Labute approximate surface area is 166 Å². The highest BCUT2D eigenvalue weighted by molar-refractivity contribution is 5.46. The molecule has 6 heteroatoms. The van der Waals surface area contributed by atoms with Crippen molar-refractivity contribution in [2.75, 3.05) is 31.1 Å². The molecule has 6 nitrogen and oxygen atoms in total. The Balaban J connectivity index is 1.40. The number of piperazine rings is 1. The lowest BCUT2D eigenvalue weighted by atomic mass is 10.1. The predicted molar refractivity (Wildman–Crippen MR) is 111 cm³/mol. The zero-order valence-electron chi connectivity index (χ0n) is 16.5. The van der Waals surface area contributed by atoms with Gasteiger partial charge in [-0.15, -0.1) is 5.10 Å². The van der Waals surface area contributed by atoms with E-state index in [0.29, 0.717) is 0 Å². The topological polar surface area (TPSA) is 50.1 Å². The van der Waals surface area contributed by atoms with Crippen molar-refractivity contribution in [2.24, 2.45) is 0 Å². The molecule has 28 heavy (non-hydrogen) atoms. The third kappa shape index (κ3) is 4.22. The highest BCUT2D eigenvalue weighted by Crippen LogP contribution is 2.25. The van der Waals surface area contributed by atoms with Crippen molar-refractivity contribution in [1.82, 2.24) is 25.1 Å². The van der Waals surface area contributed by atoms with Gasteiger partial charge in [-0.1, -0.05) is 55.5 Å². The minimum Gasteiger partial charge on any atom is -0.369 e. The first-order valence-corrected chi connectivity index (χ1v) is 10.2. The maximum absolute atomic E-state index is 4.40. The summed E-state index contributed by atoms with van der Waals surface area (Å²) >= 11 is 0. The number of hydrogen-bond acceptors (Lipinski definition) is 5. The summed E-state index contributed by atoms with van der Waals surface area (Å²) in [6, 6.07) is 21.5. The minimum absolute atomic E-state index is 0.267. The first-order chi connectivity index (χ1) is 13.8. The average Bonchev–Trinajstić information content (AvgIpc) is 3.23. The fourth-order valence-electron chi connectivity index (χ4n) is 4.02. The lowest BCUT2D eigenvalue weighted by molar-refractivity contribution is 0.169. The second-order valence-corrected chi connectivity index (χ2v) is 7.28. The summed E-state index contributed by atoms with van der Waals surface area (Å²) < 4.78 is 1.99. The highest BCUT2D eigenvalue weighted by atomic mass is 15.5. The van der Waals surface area contributed by atoms with Crippen LogP contribution in [0.1, 0.15) is 30.8 Å². The first kappa shape index (κ1) is 18.6. The van der Waals surface area contributed by atoms with E-state index in [9.17, 15) is 0 Å². The molecule has 1 aromatic heterocycles. The minimum atomic E-state index is 0.267. The van der Waals surface area contributed by atoms with Gasteiger partial charge in [0.05, 0.1) is 6.04 Å². The monoisotopic (exact) mass is 376 g/mol. The predicted octanol–water partition coefficient (Wildman–Crippen LogP) is 3.19. The van der Waals surface area contributed by atoms with Gasteiger partial charge in [-0.3, -0.25) is 4.90 Å². The van der Waals surface area contributed by atoms with Crippen molar-refractivity contribution in [3.8, 4) is 0 Å². The maximum Gasteiger partial charge on any atom is 0.168 e. The van der Waals surface area contributed by atoms with Gasteiger partial charge in [0.15, 0.2) is 5.82 Å². The summed E-state index contributed by atoms with van der Waals surface area (Å²) in [4.78, 5) is 4.99. The smallest absolute Gasteiger partial charge is 0.168 e. The van der Waals surface area contributed by atoms with Crippen molar-refractivity contribution in [3.05, 3.63) is 72.1 Å². The molecule has 0 bridgehead atoms. The molecule has 2 aromatic carbocycles. The Hall–Kier alpha value is -2.73. The number of tetrazole rings is 1. The maximum atomic E-state index is 4.40. The van der Waals surface area contributed by atoms with Crippen molar-refractivity contribution in [1.29, 1.82) is 0 Å². The molecule has 2 heterocycles. The van der Waals surface area contributed by atoms with Gasteiger partial charge in [0.1, 0.15) is 0 Å². The van der Waals surface area contributed by atoms with Gasteiger partial charge in [0.25, 0.3) is 0 Å². The van der Waals surface area contributed by atoms with E-state index in [1.54, 1.807) is 0 Å². The summed E-state index contributed by atoms with van der Waals surface area (Å²) in [6.07, 6.45) is 1.95. The lowest BCUT2D eigenvalue weighted by Crippen LogP contribution is -2.48. The fraction of sp³-hybridized carbons (Fsp3) is 0.409. The molecular weight excluding hydrogens is 348 g/mol. The summed E-state index contributed by atoms with van der Waals surface area (Å²) in [5.74, 6) is 0.992. The molecule has 0 radical (unpaired) electrons. The second-order valence-electron chi connectivity index (χ2n) is 7.28. The molecule has 3 aromatic rings. The Kier molecular flexibility index (Phi) is 5.97. The van der Waals surface area contributed by atoms with E-state index in [1.165, 1.54) is 11.3 Å². The van der Waals surface area contributed by atoms with Crippen LogP contribution in [0.5, 0.6) is 0 Å². The van der Waals surface area contributed by atoms with Gasteiger partial charge in [-0.05, 0) is 41.0 Å². The van der Waals surface area contributed by atoms with Crippen LogP contribution in [0.4, 0.5) is 5.69 Å². The molecule has 146 valence electrons. The molecule has 1 saturated heterocycles. The molecule has 0 spiro atoms. The number of hydrogen-bond donors (Lipinski definition) is 0. The lowest BCUT2D eigenvalue weighted by Gasteiger charge is -2.39. The number of nitrogens with zero attached hydrogens (tertiary/aromatic N) is 6. The number of aromatic nitrogens is 4. The fourth-order valence-corrected chi connectivity index (χ4v) is 4.02. The van der Waals surface area contributed by atoms with Crippen molar-refractivity contribution in [3.63, 3.8) is 0 Å². The van der Waals surface area contributed by atoms with Gasteiger partial charge in [-0.25, -0.2) is 4.68 Å². The van der Waals surface area contributed by atoms with E-state index in [2.05, 4.69) is 86.8 Å². The summed E-state index contributed by atoms with van der Waals surface area (Å²) in [6.45, 7) is 7.16. The van der Waals surface area contributed by atoms with Crippen LogP contribution in [-0.2, 0) is 13.0 Å². The normalized spacial score (nSPS) is 16.2. The van der Waals surface area contributed by atoms with Crippen LogP contribution in [-0.4, -0.2) is 51.3 Å². The summed E-state index contributed by atoms with van der Waals surface area (Å²) in [7, 11) is 0. The van der Waals surface area contributed by atoms with Crippen LogP contribution in [0.25, 0.3) is 0 Å². The van der Waals surface area contributed by atoms with Crippen LogP contribution in [0.3, 0.4) is 0 Å². The van der Waals surface area contributed by atoms with E-state index in [1.807, 2.05) is 10.7 Å². The van der Waals surface area contributed by atoms with E-state index >= 15 is 0 Å². The number of aryl methyl sites for hydroxylation is 2. The highest BCUT2D eigenvalue weighted by Gasteiger charge is 2.27. The number of rotatable bonds is 7. The van der Waals surface area contributed by atoms with Crippen LogP contribution in [0, 0.1) is 0 Å². The van der Waals surface area contributed by atoms with E-state index in [-0.39, 0.29) is 6.04 Å². The molecule has 0 N–H and O–H groups in total. The molecule has 1 aliphatic heterocycles. The van der Waals surface area contributed by atoms with Crippen LogP contribution in [0.2, 0.25) is 0 Å². The van der Waals surface area contributed by atoms with Gasteiger partial charge in [0, 0.05) is 38.4 Å². The zero-order valence-corrected chi connectivity index (χ0v) is 16.5. The van der Waals surface area contributed by atoms with E-state index in [0.717, 1.165) is 51.4 Å². The Morgan fingerprint density at radius 2 is 1.57 bits per heavy atom. The van der Waals surface area contributed by atoms with E-state index in [4.69, 9.17) is 0 Å². The molecule has 1 unspecified atom stereocenters. The van der Waals surface area contributed by atoms with Crippen molar-refractivity contribution < 1.29 is 0 Å². The molecular formula is C22H28N6. The zero-order chi connectivity index (χ0) is 19.2. The van der Waals surface area contributed by atoms with Gasteiger partial charge < -0.3 is 4.90 Å². The molecule has 0 amide bonds. The SMILES string of the molecule is CCC(c1nnnn1CCc1ccccc1)N1CCN(c2ccccc2)CC1. The second kappa shape index (κ2) is 8.97. The molecule has 1 atom stereocenters.